The van der Waals surface area contributed by atoms with Gasteiger partial charge in [0.2, 0.25) is 0 Å². The van der Waals surface area contributed by atoms with Crippen LogP contribution >= 0.6 is 34.5 Å². The molecule has 1 aromatic carbocycles. The van der Waals surface area contributed by atoms with Crippen LogP contribution in [0.1, 0.15) is 11.3 Å². The summed E-state index contributed by atoms with van der Waals surface area (Å²) in [5.41, 5.74) is 2.77. The fourth-order valence-electron chi connectivity index (χ4n) is 2.35. The lowest BCUT2D eigenvalue weighted by molar-refractivity contribution is -0.110. The largest absolute Gasteiger partial charge is 0.321 e. The van der Waals surface area contributed by atoms with Gasteiger partial charge >= 0.3 is 0 Å². The first-order valence-corrected chi connectivity index (χ1v) is 7.71. The third kappa shape index (κ3) is 1.97. The number of rotatable bonds is 1. The second-order valence-electron chi connectivity index (χ2n) is 4.55. The minimum absolute atomic E-state index is 0.173. The number of anilines is 1. The van der Waals surface area contributed by atoms with Crippen LogP contribution in [0, 0.1) is 0 Å². The zero-order chi connectivity index (χ0) is 14.6. The molecule has 0 saturated carbocycles. The number of carbonyl (C=O) groups is 1. The Bertz CT molecular complexity index is 926. The van der Waals surface area contributed by atoms with E-state index >= 15 is 0 Å². The third-order valence-corrected chi connectivity index (χ3v) is 4.57. The maximum absolute atomic E-state index is 12.2. The summed E-state index contributed by atoms with van der Waals surface area (Å²) in [6.45, 7) is 0. The Balaban J connectivity index is 1.92. The number of aromatic nitrogens is 2. The molecule has 1 N–H and O–H groups in total. The van der Waals surface area contributed by atoms with Crippen molar-refractivity contribution >= 4 is 62.7 Å². The van der Waals surface area contributed by atoms with Crippen molar-refractivity contribution in [2.24, 2.45) is 0 Å². The molecule has 0 bridgehead atoms. The van der Waals surface area contributed by atoms with Crippen molar-refractivity contribution in [3.63, 3.8) is 0 Å². The molecular weight excluding hydrogens is 329 g/mol. The van der Waals surface area contributed by atoms with Gasteiger partial charge in [-0.2, -0.15) is 0 Å². The van der Waals surface area contributed by atoms with E-state index in [1.54, 1.807) is 18.2 Å². The van der Waals surface area contributed by atoms with Crippen LogP contribution in [-0.4, -0.2) is 15.3 Å². The minimum atomic E-state index is -0.173. The Morgan fingerprint density at radius 1 is 1.33 bits per heavy atom. The van der Waals surface area contributed by atoms with Gasteiger partial charge in [0.15, 0.2) is 10.1 Å². The Labute approximate surface area is 133 Å². The maximum Gasteiger partial charge on any atom is 0.256 e. The van der Waals surface area contributed by atoms with Gasteiger partial charge in [-0.1, -0.05) is 29.3 Å². The third-order valence-electron chi connectivity index (χ3n) is 3.30. The molecule has 104 valence electrons. The molecule has 0 spiro atoms. The van der Waals surface area contributed by atoms with Crippen molar-refractivity contribution in [2.45, 2.75) is 0 Å². The molecule has 0 aliphatic carbocycles. The molecule has 7 heteroatoms. The highest BCUT2D eigenvalue weighted by atomic mass is 35.5. The average molecular weight is 336 g/mol. The van der Waals surface area contributed by atoms with E-state index < -0.39 is 0 Å². The quantitative estimate of drug-likeness (QED) is 0.677. The number of benzene rings is 1. The highest BCUT2D eigenvalue weighted by Crippen LogP contribution is 2.36. The molecule has 0 fully saturated rings. The van der Waals surface area contributed by atoms with Gasteiger partial charge in [-0.3, -0.25) is 9.20 Å². The molecule has 21 heavy (non-hydrogen) atoms. The van der Waals surface area contributed by atoms with Crippen LogP contribution in [-0.2, 0) is 4.79 Å². The molecule has 0 atom stereocenters. The van der Waals surface area contributed by atoms with Crippen molar-refractivity contribution in [3.8, 4) is 0 Å². The van der Waals surface area contributed by atoms with Gasteiger partial charge in [0.1, 0.15) is 0 Å². The predicted molar refractivity (Wildman–Crippen MR) is 86.0 cm³/mol. The van der Waals surface area contributed by atoms with Crippen LogP contribution in [0.4, 0.5) is 5.69 Å². The molecule has 0 radical (unpaired) electrons. The monoisotopic (exact) mass is 335 g/mol. The first kappa shape index (κ1) is 12.9. The molecule has 1 amide bonds. The first-order valence-electron chi connectivity index (χ1n) is 6.07. The molecule has 4 rings (SSSR count). The summed E-state index contributed by atoms with van der Waals surface area (Å²) in [4.78, 5) is 17.2. The van der Waals surface area contributed by atoms with E-state index in [2.05, 4.69) is 10.3 Å². The first-order chi connectivity index (χ1) is 10.1. The summed E-state index contributed by atoms with van der Waals surface area (Å²) < 4.78 is 1.86. The summed E-state index contributed by atoms with van der Waals surface area (Å²) in [7, 11) is 0. The normalized spacial score (nSPS) is 15.7. The summed E-state index contributed by atoms with van der Waals surface area (Å²) in [5, 5.41) is 5.68. The molecule has 0 unspecified atom stereocenters. The van der Waals surface area contributed by atoms with Gasteiger partial charge in [-0.15, -0.1) is 11.3 Å². The minimum Gasteiger partial charge on any atom is -0.321 e. The van der Waals surface area contributed by atoms with Gasteiger partial charge in [-0.05, 0) is 18.2 Å². The number of nitrogens with one attached hydrogen (secondary N) is 1. The molecule has 1 aliphatic rings. The average Bonchev–Trinajstić information content (AvgIpc) is 3.06. The zero-order valence-corrected chi connectivity index (χ0v) is 12.8. The second kappa shape index (κ2) is 4.59. The fourth-order valence-corrected chi connectivity index (χ4v) is 3.52. The van der Waals surface area contributed by atoms with Gasteiger partial charge in [-0.25, -0.2) is 4.98 Å². The number of halogens is 2. The van der Waals surface area contributed by atoms with E-state index in [-0.39, 0.29) is 5.91 Å². The fraction of sp³-hybridized carbons (Fsp3) is 0. The molecule has 3 heterocycles. The molecule has 3 aromatic rings. The Morgan fingerprint density at radius 3 is 3.05 bits per heavy atom. The molecule has 1 aliphatic heterocycles. The summed E-state index contributed by atoms with van der Waals surface area (Å²) in [6, 6.07) is 5.31. The van der Waals surface area contributed by atoms with E-state index in [1.165, 1.54) is 11.3 Å². The Hall–Kier alpha value is -1.82. The highest BCUT2D eigenvalue weighted by Gasteiger charge is 2.25. The van der Waals surface area contributed by atoms with E-state index in [0.29, 0.717) is 27.1 Å². The Kier molecular flexibility index (Phi) is 2.82. The number of imidazole rings is 1. The van der Waals surface area contributed by atoms with E-state index in [1.807, 2.05) is 22.0 Å². The van der Waals surface area contributed by atoms with Crippen molar-refractivity contribution in [2.75, 3.05) is 5.32 Å². The van der Waals surface area contributed by atoms with Crippen molar-refractivity contribution in [1.29, 1.82) is 0 Å². The lowest BCUT2D eigenvalue weighted by atomic mass is 10.1. The topological polar surface area (TPSA) is 46.4 Å². The molecule has 2 aromatic heterocycles. The van der Waals surface area contributed by atoms with E-state index in [9.17, 15) is 4.79 Å². The SMILES string of the molecule is O=C1Nc2cc(Cl)ccc2C1=Cc1c(Cl)nc2sccn12. The van der Waals surface area contributed by atoms with Crippen LogP contribution < -0.4 is 5.32 Å². The van der Waals surface area contributed by atoms with Crippen molar-refractivity contribution in [1.82, 2.24) is 9.38 Å². The number of hydrogen-bond donors (Lipinski definition) is 1. The highest BCUT2D eigenvalue weighted by molar-refractivity contribution is 7.15. The van der Waals surface area contributed by atoms with Gasteiger partial charge < -0.3 is 5.32 Å². The van der Waals surface area contributed by atoms with Crippen LogP contribution in [0.15, 0.2) is 29.8 Å². The summed E-state index contributed by atoms with van der Waals surface area (Å²) in [5.74, 6) is -0.173. The molecule has 0 saturated heterocycles. The van der Waals surface area contributed by atoms with Crippen LogP contribution in [0.3, 0.4) is 0 Å². The number of carbonyl (C=O) groups excluding carboxylic acids is 1. The van der Waals surface area contributed by atoms with Gasteiger partial charge in [0.05, 0.1) is 17.0 Å². The number of thiazole rings is 1. The van der Waals surface area contributed by atoms with E-state index in [0.717, 1.165) is 10.5 Å². The van der Waals surface area contributed by atoms with Gasteiger partial charge in [0.25, 0.3) is 5.91 Å². The smallest absolute Gasteiger partial charge is 0.256 e. The van der Waals surface area contributed by atoms with Crippen molar-refractivity contribution < 1.29 is 4.79 Å². The number of amides is 1. The molecular formula is C14H7Cl2N3OS. The maximum atomic E-state index is 12.2. The predicted octanol–water partition coefficient (Wildman–Crippen LogP) is 4.20. The second-order valence-corrected chi connectivity index (χ2v) is 6.21. The van der Waals surface area contributed by atoms with Gasteiger partial charge in [0, 0.05) is 22.2 Å². The number of fused-ring (bicyclic) bond motifs is 2. The molecule has 4 nitrogen and oxygen atoms in total. The standard InChI is InChI=1S/C14H7Cl2N3OS/c15-7-1-2-8-9(13(20)17-10(8)5-7)6-11-12(16)18-14-19(11)3-4-21-14/h1-6H,(H,17,20). The zero-order valence-electron chi connectivity index (χ0n) is 10.4. The number of nitrogens with zero attached hydrogens (tertiary/aromatic N) is 2. The number of hydrogen-bond acceptors (Lipinski definition) is 3. The van der Waals surface area contributed by atoms with Crippen molar-refractivity contribution in [3.05, 3.63) is 51.2 Å². The van der Waals surface area contributed by atoms with Crippen LogP contribution in [0.2, 0.25) is 10.2 Å². The van der Waals surface area contributed by atoms with E-state index in [4.69, 9.17) is 23.2 Å². The lowest BCUT2D eigenvalue weighted by Crippen LogP contribution is -2.03. The summed E-state index contributed by atoms with van der Waals surface area (Å²) in [6.07, 6.45) is 3.63. The lowest BCUT2D eigenvalue weighted by Gasteiger charge is -1.99. The van der Waals surface area contributed by atoms with Crippen LogP contribution in [0.25, 0.3) is 16.6 Å². The summed E-state index contributed by atoms with van der Waals surface area (Å²) >= 11 is 13.6. The Morgan fingerprint density at radius 2 is 2.19 bits per heavy atom. The van der Waals surface area contributed by atoms with Crippen LogP contribution in [0.5, 0.6) is 0 Å².